The van der Waals surface area contributed by atoms with Gasteiger partial charge in [-0.2, -0.15) is 11.3 Å². The standard InChI is InChI=1S/C17H27ClS/c1-2-3-4-15-5-9-17(14-18,10-6-15)11-7-16-8-12-19-13-16/h8,12-13,15H,2-7,9-11,14H2,1H3. The molecule has 1 aromatic heterocycles. The number of rotatable bonds is 7. The highest BCUT2D eigenvalue weighted by Crippen LogP contribution is 2.44. The van der Waals surface area contributed by atoms with E-state index in [4.69, 9.17) is 11.6 Å². The Balaban J connectivity index is 1.80. The third-order valence-electron chi connectivity index (χ3n) is 4.94. The molecule has 0 radical (unpaired) electrons. The third-order valence-corrected chi connectivity index (χ3v) is 6.24. The molecule has 0 aliphatic heterocycles. The van der Waals surface area contributed by atoms with E-state index in [1.54, 1.807) is 0 Å². The summed E-state index contributed by atoms with van der Waals surface area (Å²) < 4.78 is 0. The van der Waals surface area contributed by atoms with Gasteiger partial charge in [-0.25, -0.2) is 0 Å². The van der Waals surface area contributed by atoms with Gasteiger partial charge in [0.1, 0.15) is 0 Å². The van der Waals surface area contributed by atoms with E-state index in [1.165, 1.54) is 63.4 Å². The Hall–Kier alpha value is -0.0100. The van der Waals surface area contributed by atoms with E-state index in [9.17, 15) is 0 Å². The van der Waals surface area contributed by atoms with Crippen molar-refractivity contribution < 1.29 is 0 Å². The highest BCUT2D eigenvalue weighted by atomic mass is 35.5. The molecule has 2 heteroatoms. The summed E-state index contributed by atoms with van der Waals surface area (Å²) in [6.45, 7) is 2.30. The van der Waals surface area contributed by atoms with Crippen molar-refractivity contribution in [3.8, 4) is 0 Å². The molecule has 0 nitrogen and oxygen atoms in total. The lowest BCUT2D eigenvalue weighted by Crippen LogP contribution is -2.30. The van der Waals surface area contributed by atoms with Crippen LogP contribution in [0.25, 0.3) is 0 Å². The van der Waals surface area contributed by atoms with Crippen molar-refractivity contribution in [3.05, 3.63) is 22.4 Å². The van der Waals surface area contributed by atoms with Crippen LogP contribution in [0.15, 0.2) is 16.8 Å². The molecule has 0 saturated heterocycles. The van der Waals surface area contributed by atoms with E-state index in [2.05, 4.69) is 23.8 Å². The van der Waals surface area contributed by atoms with E-state index >= 15 is 0 Å². The van der Waals surface area contributed by atoms with Gasteiger partial charge in [-0.3, -0.25) is 0 Å². The van der Waals surface area contributed by atoms with Gasteiger partial charge in [-0.15, -0.1) is 11.6 Å². The molecule has 2 rings (SSSR count). The van der Waals surface area contributed by atoms with Crippen LogP contribution in [-0.2, 0) is 6.42 Å². The van der Waals surface area contributed by atoms with Crippen molar-refractivity contribution >= 4 is 22.9 Å². The number of thiophene rings is 1. The highest BCUT2D eigenvalue weighted by Gasteiger charge is 2.33. The second-order valence-corrected chi connectivity index (χ2v) is 7.40. The first-order valence-corrected chi connectivity index (χ1v) is 9.33. The zero-order valence-corrected chi connectivity index (χ0v) is 13.7. The number of halogens is 1. The predicted octanol–water partition coefficient (Wildman–Crippen LogP) is 6.29. The fourth-order valence-electron chi connectivity index (χ4n) is 3.37. The fraction of sp³-hybridized carbons (Fsp3) is 0.765. The van der Waals surface area contributed by atoms with E-state index in [0.29, 0.717) is 5.41 Å². The Bertz CT molecular complexity index is 336. The summed E-state index contributed by atoms with van der Waals surface area (Å²) in [5.74, 6) is 1.84. The molecule has 1 fully saturated rings. The predicted molar refractivity (Wildman–Crippen MR) is 87.3 cm³/mol. The largest absolute Gasteiger partial charge is 0.152 e. The molecule has 1 aliphatic carbocycles. The lowest BCUT2D eigenvalue weighted by atomic mass is 9.68. The molecule has 1 heterocycles. The summed E-state index contributed by atoms with van der Waals surface area (Å²) in [6.07, 6.45) is 12.2. The number of aryl methyl sites for hydroxylation is 1. The molecule has 1 aromatic rings. The van der Waals surface area contributed by atoms with Crippen LogP contribution < -0.4 is 0 Å². The van der Waals surface area contributed by atoms with Gasteiger partial charge < -0.3 is 0 Å². The van der Waals surface area contributed by atoms with Crippen LogP contribution in [0.4, 0.5) is 0 Å². The zero-order valence-electron chi connectivity index (χ0n) is 12.2. The molecule has 108 valence electrons. The first-order chi connectivity index (χ1) is 9.28. The maximum absolute atomic E-state index is 6.33. The number of alkyl halides is 1. The maximum Gasteiger partial charge on any atom is 0.0280 e. The lowest BCUT2D eigenvalue weighted by Gasteiger charge is -2.39. The lowest BCUT2D eigenvalue weighted by molar-refractivity contribution is 0.155. The van der Waals surface area contributed by atoms with Gasteiger partial charge in [0.2, 0.25) is 0 Å². The highest BCUT2D eigenvalue weighted by molar-refractivity contribution is 7.07. The van der Waals surface area contributed by atoms with Gasteiger partial charge in [0.15, 0.2) is 0 Å². The van der Waals surface area contributed by atoms with Gasteiger partial charge in [0.25, 0.3) is 0 Å². The topological polar surface area (TPSA) is 0 Å². The third kappa shape index (κ3) is 4.49. The number of hydrogen-bond donors (Lipinski definition) is 0. The molecule has 1 aliphatic rings. The second-order valence-electron chi connectivity index (χ2n) is 6.35. The molecular weight excluding hydrogens is 272 g/mol. The van der Waals surface area contributed by atoms with Crippen LogP contribution in [0, 0.1) is 11.3 Å². The van der Waals surface area contributed by atoms with Crippen LogP contribution >= 0.6 is 22.9 Å². The molecule has 0 spiro atoms. The van der Waals surface area contributed by atoms with Crippen molar-refractivity contribution in [2.45, 2.75) is 64.7 Å². The zero-order chi connectivity index (χ0) is 13.6. The first kappa shape index (κ1) is 15.4. The monoisotopic (exact) mass is 298 g/mol. The molecule has 19 heavy (non-hydrogen) atoms. The van der Waals surface area contributed by atoms with E-state index in [-0.39, 0.29) is 0 Å². The van der Waals surface area contributed by atoms with Crippen LogP contribution in [0.5, 0.6) is 0 Å². The van der Waals surface area contributed by atoms with Crippen LogP contribution in [-0.4, -0.2) is 5.88 Å². The van der Waals surface area contributed by atoms with Crippen molar-refractivity contribution in [1.82, 2.24) is 0 Å². The summed E-state index contributed by atoms with van der Waals surface area (Å²) in [5, 5.41) is 4.47. The Morgan fingerprint density at radius 1 is 1.37 bits per heavy atom. The van der Waals surface area contributed by atoms with Crippen molar-refractivity contribution in [2.75, 3.05) is 5.88 Å². The Morgan fingerprint density at radius 3 is 2.74 bits per heavy atom. The summed E-state index contributed by atoms with van der Waals surface area (Å²) in [5.41, 5.74) is 1.94. The fourth-order valence-corrected chi connectivity index (χ4v) is 4.47. The van der Waals surface area contributed by atoms with Crippen LogP contribution in [0.1, 0.15) is 63.9 Å². The normalized spacial score (nSPS) is 27.6. The molecule has 0 atom stereocenters. The average molecular weight is 299 g/mol. The average Bonchev–Trinajstić information content (AvgIpc) is 2.97. The van der Waals surface area contributed by atoms with E-state index in [1.807, 2.05) is 11.3 Å². The molecule has 0 aromatic carbocycles. The van der Waals surface area contributed by atoms with Gasteiger partial charge in [-0.1, -0.05) is 26.2 Å². The Kier molecular flexibility index (Phi) is 6.22. The summed E-state index contributed by atoms with van der Waals surface area (Å²) in [4.78, 5) is 0. The first-order valence-electron chi connectivity index (χ1n) is 7.85. The Morgan fingerprint density at radius 2 is 2.16 bits per heavy atom. The summed E-state index contributed by atoms with van der Waals surface area (Å²) in [6, 6.07) is 2.26. The minimum absolute atomic E-state index is 0.437. The second kappa shape index (κ2) is 7.69. The molecule has 1 saturated carbocycles. The minimum Gasteiger partial charge on any atom is -0.152 e. The molecule has 0 amide bonds. The van der Waals surface area contributed by atoms with E-state index < -0.39 is 0 Å². The van der Waals surface area contributed by atoms with Crippen molar-refractivity contribution in [1.29, 1.82) is 0 Å². The smallest absolute Gasteiger partial charge is 0.0280 e. The van der Waals surface area contributed by atoms with Crippen molar-refractivity contribution in [2.24, 2.45) is 11.3 Å². The van der Waals surface area contributed by atoms with Gasteiger partial charge >= 0.3 is 0 Å². The van der Waals surface area contributed by atoms with Crippen molar-refractivity contribution in [3.63, 3.8) is 0 Å². The quantitative estimate of drug-likeness (QED) is 0.519. The van der Waals surface area contributed by atoms with Gasteiger partial charge in [0.05, 0.1) is 0 Å². The molecular formula is C17H27ClS. The van der Waals surface area contributed by atoms with Crippen LogP contribution in [0.2, 0.25) is 0 Å². The van der Waals surface area contributed by atoms with Crippen LogP contribution in [0.3, 0.4) is 0 Å². The Labute approximate surface area is 127 Å². The van der Waals surface area contributed by atoms with Gasteiger partial charge in [0, 0.05) is 5.88 Å². The SMILES string of the molecule is CCCCC1CCC(CCl)(CCc2ccsc2)CC1. The molecule has 0 N–H and O–H groups in total. The minimum atomic E-state index is 0.437. The summed E-state index contributed by atoms with van der Waals surface area (Å²) in [7, 11) is 0. The van der Waals surface area contributed by atoms with Gasteiger partial charge in [-0.05, 0) is 72.2 Å². The number of hydrogen-bond acceptors (Lipinski definition) is 1. The summed E-state index contributed by atoms with van der Waals surface area (Å²) >= 11 is 8.14. The van der Waals surface area contributed by atoms with E-state index in [0.717, 1.165) is 11.8 Å². The number of unbranched alkanes of at least 4 members (excludes halogenated alkanes) is 1. The molecule has 0 unspecified atom stereocenters. The maximum atomic E-state index is 6.33. The molecule has 0 bridgehead atoms.